The summed E-state index contributed by atoms with van der Waals surface area (Å²) in [5, 5.41) is 18.9. The molecule has 8 aromatic carbocycles. The zero-order valence-corrected chi connectivity index (χ0v) is 21.4. The zero-order chi connectivity index (χ0) is 24.3. The van der Waals surface area contributed by atoms with Crippen LogP contribution in [0.5, 0.6) is 0 Å². The maximum atomic E-state index is 2.39. The van der Waals surface area contributed by atoms with Gasteiger partial charge < -0.3 is 0 Å². The van der Waals surface area contributed by atoms with E-state index in [1.54, 1.807) is 0 Å². The van der Waals surface area contributed by atoms with Crippen molar-refractivity contribution in [3.63, 3.8) is 0 Å². The predicted octanol–water partition coefficient (Wildman–Crippen LogP) is 8.97. The van der Waals surface area contributed by atoms with E-state index in [0.717, 1.165) is 0 Å². The van der Waals surface area contributed by atoms with Crippen molar-refractivity contribution in [2.24, 2.45) is 0 Å². The smallest absolute Gasteiger partial charge is 0.0616 e. The molecule has 8 rings (SSSR count). The first-order chi connectivity index (χ1) is 18.3. The fraction of sp³-hybridized carbons (Fsp3) is 0. The Kier molecular flexibility index (Phi) is 4.59. The molecule has 0 nitrogen and oxygen atoms in total. The number of hydrogen-bond acceptors (Lipinski definition) is 0. The Labute approximate surface area is 216 Å². The van der Waals surface area contributed by atoms with Crippen LogP contribution >= 0.6 is 8.58 Å². The van der Waals surface area contributed by atoms with E-state index in [4.69, 9.17) is 0 Å². The normalized spacial score (nSPS) is 11.9. The highest BCUT2D eigenvalue weighted by Crippen LogP contribution is 2.34. The average Bonchev–Trinajstić information content (AvgIpc) is 2.95. The SMILES string of the molecule is c1ccc2cc3c(ccc4cccc([PH2+]c5cccc6ccc7cc8ccccc8cc7c56)c43)cc2c1. The highest BCUT2D eigenvalue weighted by atomic mass is 31.1. The second-order valence-electron chi connectivity index (χ2n) is 10.0. The van der Waals surface area contributed by atoms with E-state index in [9.17, 15) is 0 Å². The van der Waals surface area contributed by atoms with Crippen LogP contribution in [-0.2, 0) is 0 Å². The molecule has 0 amide bonds. The van der Waals surface area contributed by atoms with Gasteiger partial charge >= 0.3 is 0 Å². The molecule has 0 heterocycles. The van der Waals surface area contributed by atoms with Crippen molar-refractivity contribution < 1.29 is 0 Å². The van der Waals surface area contributed by atoms with Gasteiger partial charge in [-0.15, -0.1) is 0 Å². The monoisotopic (exact) mass is 487 g/mol. The van der Waals surface area contributed by atoms with Crippen LogP contribution in [0.4, 0.5) is 0 Å². The van der Waals surface area contributed by atoms with Gasteiger partial charge in [0.2, 0.25) is 0 Å². The third-order valence-corrected chi connectivity index (χ3v) is 9.41. The minimum absolute atomic E-state index is 0.0962. The predicted molar refractivity (Wildman–Crippen MR) is 167 cm³/mol. The number of fused-ring (bicyclic) bond motifs is 8. The molecule has 0 aromatic heterocycles. The van der Waals surface area contributed by atoms with E-state index >= 15 is 0 Å². The second kappa shape index (κ2) is 8.13. The molecule has 0 fully saturated rings. The van der Waals surface area contributed by atoms with Crippen molar-refractivity contribution in [2.45, 2.75) is 0 Å². The summed E-state index contributed by atoms with van der Waals surface area (Å²) in [7, 11) is -0.0962. The minimum atomic E-state index is -0.0962. The number of hydrogen-bond donors (Lipinski definition) is 0. The third kappa shape index (κ3) is 3.34. The van der Waals surface area contributed by atoms with Crippen LogP contribution in [0, 0.1) is 0 Å². The molecule has 0 aliphatic heterocycles. The molecular formula is C36H24P+. The first-order valence-electron chi connectivity index (χ1n) is 12.9. The molecule has 0 N–H and O–H groups in total. The van der Waals surface area contributed by atoms with Crippen LogP contribution in [0.2, 0.25) is 0 Å². The average molecular weight is 488 g/mol. The van der Waals surface area contributed by atoms with Crippen molar-refractivity contribution in [1.82, 2.24) is 0 Å². The fourth-order valence-electron chi connectivity index (χ4n) is 6.07. The first kappa shape index (κ1) is 20.9. The van der Waals surface area contributed by atoms with Crippen molar-refractivity contribution in [3.8, 4) is 0 Å². The molecule has 8 aromatic rings. The van der Waals surface area contributed by atoms with E-state index in [2.05, 4.69) is 133 Å². The molecule has 0 atom stereocenters. The number of rotatable bonds is 2. The molecule has 0 aliphatic rings. The minimum Gasteiger partial charge on any atom is -0.0616 e. The van der Waals surface area contributed by atoms with Gasteiger partial charge in [-0.05, 0) is 90.3 Å². The molecule has 0 spiro atoms. The van der Waals surface area contributed by atoms with E-state index in [1.165, 1.54) is 75.2 Å². The van der Waals surface area contributed by atoms with Crippen molar-refractivity contribution in [1.29, 1.82) is 0 Å². The quantitative estimate of drug-likeness (QED) is 0.130. The van der Waals surface area contributed by atoms with E-state index in [0.29, 0.717) is 0 Å². The van der Waals surface area contributed by atoms with Gasteiger partial charge in [-0.25, -0.2) is 0 Å². The molecule has 0 aliphatic carbocycles. The third-order valence-electron chi connectivity index (χ3n) is 7.83. The number of benzene rings is 8. The van der Waals surface area contributed by atoms with Crippen LogP contribution < -0.4 is 10.6 Å². The van der Waals surface area contributed by atoms with Gasteiger partial charge in [0.25, 0.3) is 0 Å². The molecule has 0 saturated heterocycles. The van der Waals surface area contributed by atoms with E-state index < -0.39 is 0 Å². The Morgan fingerprint density at radius 2 is 0.676 bits per heavy atom. The zero-order valence-electron chi connectivity index (χ0n) is 20.3. The summed E-state index contributed by atoms with van der Waals surface area (Å²) in [4.78, 5) is 0. The van der Waals surface area contributed by atoms with Gasteiger partial charge in [0, 0.05) is 10.8 Å². The van der Waals surface area contributed by atoms with Gasteiger partial charge in [0.1, 0.15) is 10.6 Å². The summed E-state index contributed by atoms with van der Waals surface area (Å²) < 4.78 is 0. The molecular weight excluding hydrogens is 463 g/mol. The van der Waals surface area contributed by atoms with Crippen LogP contribution in [0.25, 0.3) is 64.6 Å². The van der Waals surface area contributed by atoms with E-state index in [1.807, 2.05) is 0 Å². The summed E-state index contributed by atoms with van der Waals surface area (Å²) in [5.74, 6) is 0. The lowest BCUT2D eigenvalue weighted by molar-refractivity contribution is 1.78. The standard InChI is InChI=1S/C36H23P/c1-3-9-27-21-31-29(19-25(27)7-1)17-15-23-11-5-13-33(35(23)31)37-34-14-6-12-24-16-18-30-20-26-8-2-4-10-28(26)22-32(30)36(24)34/h1-22,37H/p+1. The van der Waals surface area contributed by atoms with Crippen molar-refractivity contribution in [3.05, 3.63) is 133 Å². The topological polar surface area (TPSA) is 0 Å². The van der Waals surface area contributed by atoms with Gasteiger partial charge in [0.15, 0.2) is 0 Å². The molecule has 37 heavy (non-hydrogen) atoms. The molecule has 0 radical (unpaired) electrons. The molecule has 0 bridgehead atoms. The van der Waals surface area contributed by atoms with Gasteiger partial charge in [-0.3, -0.25) is 0 Å². The van der Waals surface area contributed by atoms with Gasteiger partial charge in [0.05, 0.1) is 8.58 Å². The lowest BCUT2D eigenvalue weighted by atomic mass is 9.98. The second-order valence-corrected chi connectivity index (χ2v) is 11.5. The highest BCUT2D eigenvalue weighted by Gasteiger charge is 2.16. The Hall–Kier alpha value is -4.25. The summed E-state index contributed by atoms with van der Waals surface area (Å²) in [6, 6.07) is 49.7. The van der Waals surface area contributed by atoms with Crippen molar-refractivity contribution in [2.75, 3.05) is 0 Å². The van der Waals surface area contributed by atoms with Gasteiger partial charge in [-0.2, -0.15) is 0 Å². The Balaban J connectivity index is 1.40. The molecule has 1 heteroatoms. The fourth-order valence-corrected chi connectivity index (χ4v) is 7.75. The van der Waals surface area contributed by atoms with Crippen LogP contribution in [0.1, 0.15) is 0 Å². The van der Waals surface area contributed by atoms with Crippen LogP contribution in [-0.4, -0.2) is 0 Å². The van der Waals surface area contributed by atoms with Crippen LogP contribution in [0.3, 0.4) is 0 Å². The molecule has 0 unspecified atom stereocenters. The van der Waals surface area contributed by atoms with Crippen LogP contribution in [0.15, 0.2) is 133 Å². The lowest BCUT2D eigenvalue weighted by Crippen LogP contribution is -2.06. The Morgan fingerprint density at radius 1 is 0.297 bits per heavy atom. The summed E-state index contributed by atoms with van der Waals surface area (Å²) in [6.45, 7) is 0. The largest absolute Gasteiger partial charge is 0.103 e. The Morgan fingerprint density at radius 3 is 1.14 bits per heavy atom. The lowest BCUT2D eigenvalue weighted by Gasteiger charge is -2.11. The summed E-state index contributed by atoms with van der Waals surface area (Å²) >= 11 is 0. The Bertz CT molecular complexity index is 2010. The molecule has 0 saturated carbocycles. The summed E-state index contributed by atoms with van der Waals surface area (Å²) in [6.07, 6.45) is 0. The highest BCUT2D eigenvalue weighted by molar-refractivity contribution is 7.56. The maximum absolute atomic E-state index is 2.39. The summed E-state index contributed by atoms with van der Waals surface area (Å²) in [5.41, 5.74) is 0. The molecule has 172 valence electrons. The van der Waals surface area contributed by atoms with E-state index in [-0.39, 0.29) is 8.58 Å². The first-order valence-corrected chi connectivity index (χ1v) is 14.0. The van der Waals surface area contributed by atoms with Crippen molar-refractivity contribution >= 4 is 83.8 Å². The van der Waals surface area contributed by atoms with Gasteiger partial charge in [-0.1, -0.05) is 97.1 Å². The maximum Gasteiger partial charge on any atom is 0.103 e.